The lowest BCUT2D eigenvalue weighted by Crippen LogP contribution is -2.20. The molecule has 0 aromatic heterocycles. The molecule has 0 aliphatic carbocycles. The highest BCUT2D eigenvalue weighted by atomic mass is 79.9. The van der Waals surface area contributed by atoms with Crippen LogP contribution in [0.15, 0.2) is 22.7 Å². The van der Waals surface area contributed by atoms with Crippen LogP contribution < -0.4 is 4.90 Å². The first-order valence-corrected chi connectivity index (χ1v) is 7.04. The van der Waals surface area contributed by atoms with Gasteiger partial charge in [-0.15, -0.1) is 11.6 Å². The number of halogens is 2. The maximum atomic E-state index is 6.01. The summed E-state index contributed by atoms with van der Waals surface area (Å²) in [6, 6.07) is 6.39. The molecular weight excluding hydrogens is 286 g/mol. The van der Waals surface area contributed by atoms with Crippen molar-refractivity contribution in [2.45, 2.75) is 19.7 Å². The van der Waals surface area contributed by atoms with E-state index in [9.17, 15) is 0 Å². The number of rotatable bonds is 2. The molecule has 2 rings (SSSR count). The monoisotopic (exact) mass is 301 g/mol. The second kappa shape index (κ2) is 4.97. The van der Waals surface area contributed by atoms with Crippen LogP contribution in [-0.4, -0.2) is 13.1 Å². The van der Waals surface area contributed by atoms with Crippen LogP contribution in [-0.2, 0) is 5.88 Å². The Morgan fingerprint density at radius 3 is 2.50 bits per heavy atom. The molecule has 16 heavy (non-hydrogen) atoms. The Morgan fingerprint density at radius 2 is 1.94 bits per heavy atom. The maximum Gasteiger partial charge on any atom is 0.0494 e. The highest BCUT2D eigenvalue weighted by Crippen LogP contribution is 2.32. The predicted octanol–water partition coefficient (Wildman–Crippen LogP) is 4.28. The van der Waals surface area contributed by atoms with E-state index >= 15 is 0 Å². The Bertz CT molecular complexity index is 370. The lowest BCUT2D eigenvalue weighted by molar-refractivity contribution is 0.494. The van der Waals surface area contributed by atoms with Crippen LogP contribution >= 0.6 is 27.5 Å². The van der Waals surface area contributed by atoms with Crippen molar-refractivity contribution in [1.82, 2.24) is 0 Å². The smallest absolute Gasteiger partial charge is 0.0494 e. The van der Waals surface area contributed by atoms with Crippen LogP contribution in [0.5, 0.6) is 0 Å². The summed E-state index contributed by atoms with van der Waals surface area (Å²) in [6.07, 6.45) is 0. The summed E-state index contributed by atoms with van der Waals surface area (Å²) in [7, 11) is 0. The van der Waals surface area contributed by atoms with E-state index in [1.165, 1.54) is 11.3 Å². The van der Waals surface area contributed by atoms with Gasteiger partial charge in [0, 0.05) is 29.1 Å². The molecule has 1 aromatic carbocycles. The zero-order chi connectivity index (χ0) is 11.7. The summed E-state index contributed by atoms with van der Waals surface area (Å²) >= 11 is 9.50. The van der Waals surface area contributed by atoms with Crippen LogP contribution in [0, 0.1) is 11.8 Å². The SMILES string of the molecule is CC1CN(c2ccc(Br)cc2CCl)CC1C. The van der Waals surface area contributed by atoms with Gasteiger partial charge in [-0.3, -0.25) is 0 Å². The maximum absolute atomic E-state index is 6.01. The Hall–Kier alpha value is -0.210. The fraction of sp³-hybridized carbons (Fsp3) is 0.538. The summed E-state index contributed by atoms with van der Waals surface area (Å²) in [5.74, 6) is 2.12. The van der Waals surface area contributed by atoms with Gasteiger partial charge in [-0.25, -0.2) is 0 Å². The van der Waals surface area contributed by atoms with Crippen molar-refractivity contribution in [1.29, 1.82) is 0 Å². The summed E-state index contributed by atoms with van der Waals surface area (Å²) in [4.78, 5) is 2.46. The van der Waals surface area contributed by atoms with Crippen LogP contribution in [0.25, 0.3) is 0 Å². The molecule has 1 aliphatic heterocycles. The van der Waals surface area contributed by atoms with Gasteiger partial charge in [0.05, 0.1) is 0 Å². The van der Waals surface area contributed by atoms with Crippen molar-refractivity contribution >= 4 is 33.2 Å². The Morgan fingerprint density at radius 1 is 1.31 bits per heavy atom. The van der Waals surface area contributed by atoms with Gasteiger partial charge < -0.3 is 4.90 Å². The van der Waals surface area contributed by atoms with E-state index in [1.807, 2.05) is 0 Å². The van der Waals surface area contributed by atoms with E-state index in [0.717, 1.165) is 29.4 Å². The number of nitrogens with zero attached hydrogens (tertiary/aromatic N) is 1. The van der Waals surface area contributed by atoms with Gasteiger partial charge >= 0.3 is 0 Å². The average molecular weight is 303 g/mol. The topological polar surface area (TPSA) is 3.24 Å². The summed E-state index contributed by atoms with van der Waals surface area (Å²) < 4.78 is 1.10. The van der Waals surface area contributed by atoms with E-state index in [2.05, 4.69) is 52.9 Å². The van der Waals surface area contributed by atoms with E-state index in [0.29, 0.717) is 5.88 Å². The Labute approximate surface area is 111 Å². The fourth-order valence-corrected chi connectivity index (χ4v) is 2.92. The molecule has 0 N–H and O–H groups in total. The molecule has 0 bridgehead atoms. The third-order valence-electron chi connectivity index (χ3n) is 3.51. The summed E-state index contributed by atoms with van der Waals surface area (Å²) in [6.45, 7) is 6.94. The number of hydrogen-bond donors (Lipinski definition) is 0. The zero-order valence-corrected chi connectivity index (χ0v) is 12.1. The first-order valence-electron chi connectivity index (χ1n) is 5.71. The van der Waals surface area contributed by atoms with Gasteiger partial charge in [0.15, 0.2) is 0 Å². The molecule has 1 aliphatic rings. The fourth-order valence-electron chi connectivity index (χ4n) is 2.30. The molecule has 1 heterocycles. The van der Waals surface area contributed by atoms with Gasteiger partial charge in [0.2, 0.25) is 0 Å². The molecule has 2 unspecified atom stereocenters. The molecule has 0 radical (unpaired) electrons. The zero-order valence-electron chi connectivity index (χ0n) is 9.71. The van der Waals surface area contributed by atoms with Crippen LogP contribution in [0.2, 0.25) is 0 Å². The van der Waals surface area contributed by atoms with Crippen LogP contribution in [0.4, 0.5) is 5.69 Å². The molecule has 0 saturated carbocycles. The first-order chi connectivity index (χ1) is 7.61. The third kappa shape index (κ3) is 2.38. The second-order valence-corrected chi connectivity index (χ2v) is 5.95. The van der Waals surface area contributed by atoms with Gasteiger partial charge in [0.25, 0.3) is 0 Å². The molecule has 1 aromatic rings. The number of anilines is 1. The molecule has 0 spiro atoms. The van der Waals surface area contributed by atoms with E-state index < -0.39 is 0 Å². The molecule has 2 atom stereocenters. The largest absolute Gasteiger partial charge is 0.371 e. The molecule has 88 valence electrons. The van der Waals surface area contributed by atoms with Crippen LogP contribution in [0.1, 0.15) is 19.4 Å². The van der Waals surface area contributed by atoms with Crippen molar-refractivity contribution in [3.63, 3.8) is 0 Å². The normalized spacial score (nSPS) is 25.1. The van der Waals surface area contributed by atoms with Crippen molar-refractivity contribution in [2.24, 2.45) is 11.8 Å². The van der Waals surface area contributed by atoms with E-state index in [4.69, 9.17) is 11.6 Å². The van der Waals surface area contributed by atoms with Crippen molar-refractivity contribution in [3.05, 3.63) is 28.2 Å². The highest BCUT2D eigenvalue weighted by molar-refractivity contribution is 9.10. The molecule has 0 amide bonds. The van der Waals surface area contributed by atoms with E-state index in [-0.39, 0.29) is 0 Å². The third-order valence-corrected chi connectivity index (χ3v) is 4.30. The minimum absolute atomic E-state index is 0.577. The lowest BCUT2D eigenvalue weighted by atomic mass is 10.0. The van der Waals surface area contributed by atoms with Gasteiger partial charge in [0.1, 0.15) is 0 Å². The standard InChI is InChI=1S/C13H17BrClN/c1-9-7-16(8-10(9)2)13-4-3-12(14)5-11(13)6-15/h3-5,9-10H,6-8H2,1-2H3. The molecule has 3 heteroatoms. The lowest BCUT2D eigenvalue weighted by Gasteiger charge is -2.21. The number of alkyl halides is 1. The van der Waals surface area contributed by atoms with Crippen LogP contribution in [0.3, 0.4) is 0 Å². The van der Waals surface area contributed by atoms with Gasteiger partial charge in [-0.2, -0.15) is 0 Å². The van der Waals surface area contributed by atoms with Crippen molar-refractivity contribution in [3.8, 4) is 0 Å². The summed E-state index contributed by atoms with van der Waals surface area (Å²) in [5, 5.41) is 0. The van der Waals surface area contributed by atoms with Gasteiger partial charge in [-0.1, -0.05) is 29.8 Å². The second-order valence-electron chi connectivity index (χ2n) is 4.77. The van der Waals surface area contributed by atoms with Crippen molar-refractivity contribution < 1.29 is 0 Å². The average Bonchev–Trinajstić information content (AvgIpc) is 2.59. The minimum Gasteiger partial charge on any atom is -0.371 e. The minimum atomic E-state index is 0.577. The first kappa shape index (κ1) is 12.3. The Kier molecular flexibility index (Phi) is 3.81. The molecular formula is C13H17BrClN. The van der Waals surface area contributed by atoms with Gasteiger partial charge in [-0.05, 0) is 35.6 Å². The number of hydrogen-bond acceptors (Lipinski definition) is 1. The molecule has 1 nitrogen and oxygen atoms in total. The number of benzene rings is 1. The van der Waals surface area contributed by atoms with E-state index in [1.54, 1.807) is 0 Å². The highest BCUT2D eigenvalue weighted by Gasteiger charge is 2.27. The van der Waals surface area contributed by atoms with Crippen molar-refractivity contribution in [2.75, 3.05) is 18.0 Å². The summed E-state index contributed by atoms with van der Waals surface area (Å²) in [5.41, 5.74) is 2.52. The molecule has 1 fully saturated rings. The molecule has 1 saturated heterocycles. The quantitative estimate of drug-likeness (QED) is 0.737. The Balaban J connectivity index is 2.27. The predicted molar refractivity (Wildman–Crippen MR) is 74.2 cm³/mol.